The molecule has 3 rings (SSSR count). The number of amides is 1. The van der Waals surface area contributed by atoms with Crippen molar-refractivity contribution in [3.63, 3.8) is 0 Å². The summed E-state index contributed by atoms with van der Waals surface area (Å²) in [4.78, 5) is 13.7. The summed E-state index contributed by atoms with van der Waals surface area (Å²) in [6.07, 6.45) is 5.36. The molecule has 29 heavy (non-hydrogen) atoms. The SMILES string of the molecule is CCCCCCNC(=O)C1(CCC#N)c2ccccc2-c2ccc(C(C)C)cc21. The van der Waals surface area contributed by atoms with Crippen LogP contribution in [0, 0.1) is 11.3 Å². The molecule has 1 atom stereocenters. The van der Waals surface area contributed by atoms with Crippen LogP contribution in [0.15, 0.2) is 42.5 Å². The minimum absolute atomic E-state index is 0.0383. The number of nitrogens with zero attached hydrogens (tertiary/aromatic N) is 1. The average molecular weight is 389 g/mol. The van der Waals surface area contributed by atoms with E-state index in [0.717, 1.165) is 35.1 Å². The lowest BCUT2D eigenvalue weighted by Gasteiger charge is -2.30. The number of fused-ring (bicyclic) bond motifs is 3. The average Bonchev–Trinajstić information content (AvgIpc) is 3.02. The molecule has 0 heterocycles. The fraction of sp³-hybridized carbons (Fsp3) is 0.462. The van der Waals surface area contributed by atoms with Crippen molar-refractivity contribution >= 4 is 5.91 Å². The molecule has 2 aromatic rings. The summed E-state index contributed by atoms with van der Waals surface area (Å²) in [5.74, 6) is 0.422. The lowest BCUT2D eigenvalue weighted by molar-refractivity contribution is -0.125. The zero-order valence-corrected chi connectivity index (χ0v) is 17.9. The van der Waals surface area contributed by atoms with Crippen LogP contribution in [0.2, 0.25) is 0 Å². The number of benzene rings is 2. The van der Waals surface area contributed by atoms with Gasteiger partial charge in [-0.05, 0) is 46.6 Å². The molecule has 1 amide bonds. The summed E-state index contributed by atoms with van der Waals surface area (Å²) in [6.45, 7) is 7.23. The molecule has 0 aromatic heterocycles. The molecule has 0 saturated carbocycles. The van der Waals surface area contributed by atoms with Gasteiger partial charge in [0.05, 0.1) is 6.07 Å². The van der Waals surface area contributed by atoms with E-state index < -0.39 is 5.41 Å². The Morgan fingerprint density at radius 3 is 2.55 bits per heavy atom. The van der Waals surface area contributed by atoms with E-state index in [0.29, 0.717) is 25.3 Å². The summed E-state index contributed by atoms with van der Waals surface area (Å²) in [5.41, 5.74) is 4.80. The lowest BCUT2D eigenvalue weighted by atomic mass is 9.73. The normalized spacial score (nSPS) is 16.9. The second-order valence-electron chi connectivity index (χ2n) is 8.39. The fourth-order valence-electron chi connectivity index (χ4n) is 4.52. The third-order valence-corrected chi connectivity index (χ3v) is 6.16. The van der Waals surface area contributed by atoms with Gasteiger partial charge in [0.2, 0.25) is 5.91 Å². The Hall–Kier alpha value is -2.60. The predicted molar refractivity (Wildman–Crippen MR) is 119 cm³/mol. The van der Waals surface area contributed by atoms with E-state index in [1.54, 1.807) is 0 Å². The summed E-state index contributed by atoms with van der Waals surface area (Å²) in [5, 5.41) is 12.6. The van der Waals surface area contributed by atoms with Gasteiger partial charge in [0.1, 0.15) is 5.41 Å². The highest BCUT2D eigenvalue weighted by Crippen LogP contribution is 2.52. The van der Waals surface area contributed by atoms with Gasteiger partial charge in [-0.1, -0.05) is 82.5 Å². The fourth-order valence-corrected chi connectivity index (χ4v) is 4.52. The number of hydrogen-bond donors (Lipinski definition) is 1. The van der Waals surface area contributed by atoms with Crippen LogP contribution in [0.1, 0.15) is 81.9 Å². The van der Waals surface area contributed by atoms with Crippen molar-refractivity contribution in [1.82, 2.24) is 5.32 Å². The minimum Gasteiger partial charge on any atom is -0.355 e. The van der Waals surface area contributed by atoms with Crippen molar-refractivity contribution in [3.05, 3.63) is 59.2 Å². The van der Waals surface area contributed by atoms with E-state index in [1.165, 1.54) is 18.4 Å². The monoisotopic (exact) mass is 388 g/mol. The van der Waals surface area contributed by atoms with Crippen LogP contribution in [-0.4, -0.2) is 12.5 Å². The van der Waals surface area contributed by atoms with Gasteiger partial charge in [-0.15, -0.1) is 0 Å². The number of rotatable bonds is 9. The third kappa shape index (κ3) is 3.94. The van der Waals surface area contributed by atoms with Crippen LogP contribution < -0.4 is 5.32 Å². The zero-order chi connectivity index (χ0) is 20.9. The van der Waals surface area contributed by atoms with Crippen molar-refractivity contribution < 1.29 is 4.79 Å². The number of hydrogen-bond acceptors (Lipinski definition) is 2. The molecule has 1 aliphatic rings. The molecule has 0 saturated heterocycles. The highest BCUT2D eigenvalue weighted by molar-refractivity contribution is 6.00. The van der Waals surface area contributed by atoms with Gasteiger partial charge in [-0.2, -0.15) is 5.26 Å². The van der Waals surface area contributed by atoms with Gasteiger partial charge in [0.25, 0.3) is 0 Å². The zero-order valence-electron chi connectivity index (χ0n) is 17.9. The molecule has 3 heteroatoms. The largest absolute Gasteiger partial charge is 0.355 e. The number of nitrogens with one attached hydrogen (secondary N) is 1. The summed E-state index contributed by atoms with van der Waals surface area (Å²) < 4.78 is 0. The first-order valence-electron chi connectivity index (χ1n) is 11.0. The van der Waals surface area contributed by atoms with E-state index in [1.807, 2.05) is 12.1 Å². The maximum Gasteiger partial charge on any atom is 0.235 e. The van der Waals surface area contributed by atoms with Crippen molar-refractivity contribution in [2.75, 3.05) is 6.54 Å². The molecular weight excluding hydrogens is 356 g/mol. The first-order valence-corrected chi connectivity index (χ1v) is 11.0. The summed E-state index contributed by atoms with van der Waals surface area (Å²) in [7, 11) is 0. The van der Waals surface area contributed by atoms with Crippen molar-refractivity contribution in [1.29, 1.82) is 5.26 Å². The topological polar surface area (TPSA) is 52.9 Å². The Bertz CT molecular complexity index is 909. The third-order valence-electron chi connectivity index (χ3n) is 6.16. The van der Waals surface area contributed by atoms with Gasteiger partial charge in [0.15, 0.2) is 0 Å². The quantitative estimate of drug-likeness (QED) is 0.530. The number of carbonyl (C=O) groups is 1. The van der Waals surface area contributed by atoms with Gasteiger partial charge in [-0.3, -0.25) is 4.79 Å². The second kappa shape index (κ2) is 9.27. The first-order chi connectivity index (χ1) is 14.1. The lowest BCUT2D eigenvalue weighted by Crippen LogP contribution is -2.44. The van der Waals surface area contributed by atoms with Crippen molar-refractivity contribution in [2.24, 2.45) is 0 Å². The molecule has 1 aliphatic carbocycles. The van der Waals surface area contributed by atoms with E-state index in [9.17, 15) is 10.1 Å². The molecule has 0 bridgehead atoms. The van der Waals surface area contributed by atoms with E-state index in [2.05, 4.69) is 62.5 Å². The maximum atomic E-state index is 13.7. The molecule has 3 nitrogen and oxygen atoms in total. The van der Waals surface area contributed by atoms with Gasteiger partial charge < -0.3 is 5.32 Å². The molecule has 152 valence electrons. The summed E-state index contributed by atoms with van der Waals surface area (Å²) in [6, 6.07) is 17.0. The van der Waals surface area contributed by atoms with Gasteiger partial charge in [-0.25, -0.2) is 0 Å². The van der Waals surface area contributed by atoms with Crippen LogP contribution in [0.4, 0.5) is 0 Å². The molecule has 0 fully saturated rings. The standard InChI is InChI=1S/C26H32N2O/c1-4-5-6-9-17-28-25(29)26(15-10-16-27)23-12-8-7-11-21(23)22-14-13-20(19(2)3)18-24(22)26/h7-8,11-14,18-19H,4-6,9-10,15,17H2,1-3H3,(H,28,29). The molecule has 2 aromatic carbocycles. The second-order valence-corrected chi connectivity index (χ2v) is 8.39. The Kier molecular flexibility index (Phi) is 6.75. The van der Waals surface area contributed by atoms with Crippen molar-refractivity contribution in [3.8, 4) is 17.2 Å². The number of carbonyl (C=O) groups excluding carboxylic acids is 1. The Balaban J connectivity index is 2.06. The first kappa shape index (κ1) is 21.1. The van der Waals surface area contributed by atoms with Crippen molar-refractivity contribution in [2.45, 2.75) is 70.6 Å². The van der Waals surface area contributed by atoms with E-state index in [4.69, 9.17) is 0 Å². The van der Waals surface area contributed by atoms with Crippen LogP contribution >= 0.6 is 0 Å². The summed E-state index contributed by atoms with van der Waals surface area (Å²) >= 11 is 0. The maximum absolute atomic E-state index is 13.7. The Labute approximate surface area is 175 Å². The Morgan fingerprint density at radius 1 is 1.07 bits per heavy atom. The Morgan fingerprint density at radius 2 is 1.83 bits per heavy atom. The molecule has 1 unspecified atom stereocenters. The molecule has 0 radical (unpaired) electrons. The highest BCUT2D eigenvalue weighted by Gasteiger charge is 2.48. The van der Waals surface area contributed by atoms with Crippen LogP contribution in [-0.2, 0) is 10.2 Å². The number of nitriles is 1. The predicted octanol–water partition coefficient (Wildman–Crippen LogP) is 6.08. The molecular formula is C26H32N2O. The molecule has 0 spiro atoms. The van der Waals surface area contributed by atoms with Crippen LogP contribution in [0.5, 0.6) is 0 Å². The smallest absolute Gasteiger partial charge is 0.235 e. The van der Waals surface area contributed by atoms with E-state index >= 15 is 0 Å². The van der Waals surface area contributed by atoms with Crippen LogP contribution in [0.3, 0.4) is 0 Å². The number of unbranched alkanes of at least 4 members (excludes halogenated alkanes) is 3. The van der Waals surface area contributed by atoms with E-state index in [-0.39, 0.29) is 5.91 Å². The molecule has 0 aliphatic heterocycles. The van der Waals surface area contributed by atoms with Gasteiger partial charge >= 0.3 is 0 Å². The highest BCUT2D eigenvalue weighted by atomic mass is 16.2. The van der Waals surface area contributed by atoms with Crippen LogP contribution in [0.25, 0.3) is 11.1 Å². The minimum atomic E-state index is -0.780. The molecule has 1 N–H and O–H groups in total. The van der Waals surface area contributed by atoms with Gasteiger partial charge in [0, 0.05) is 13.0 Å².